The lowest BCUT2D eigenvalue weighted by Crippen LogP contribution is -2.52. The van der Waals surface area contributed by atoms with Crippen LogP contribution in [0.4, 0.5) is 5.69 Å². The van der Waals surface area contributed by atoms with E-state index in [1.54, 1.807) is 37.3 Å². The molecule has 0 aliphatic heterocycles. The van der Waals surface area contributed by atoms with Crippen molar-refractivity contribution < 1.29 is 22.8 Å². The number of benzene rings is 2. The molecule has 3 rings (SSSR count). The van der Waals surface area contributed by atoms with Gasteiger partial charge in [-0.1, -0.05) is 54.2 Å². The monoisotopic (exact) mass is 567 g/mol. The average Bonchev–Trinajstić information content (AvgIpc) is 3.34. The summed E-state index contributed by atoms with van der Waals surface area (Å²) in [5, 5.41) is 3.64. The van der Waals surface area contributed by atoms with E-state index in [9.17, 15) is 22.8 Å². The molecule has 0 spiro atoms. The van der Waals surface area contributed by atoms with Crippen molar-refractivity contribution in [2.45, 2.75) is 58.2 Å². The van der Waals surface area contributed by atoms with Gasteiger partial charge in [0.05, 0.1) is 11.9 Å². The number of anilines is 1. The molecule has 8 nitrogen and oxygen atoms in total. The van der Waals surface area contributed by atoms with Crippen LogP contribution in [0.2, 0.25) is 10.0 Å². The van der Waals surface area contributed by atoms with Gasteiger partial charge >= 0.3 is 0 Å². The summed E-state index contributed by atoms with van der Waals surface area (Å²) < 4.78 is 26.4. The van der Waals surface area contributed by atoms with Gasteiger partial charge in [0.1, 0.15) is 12.6 Å². The molecule has 37 heavy (non-hydrogen) atoms. The first kappa shape index (κ1) is 28.9. The maximum Gasteiger partial charge on any atom is 0.244 e. The fourth-order valence-electron chi connectivity index (χ4n) is 4.32. The van der Waals surface area contributed by atoms with Crippen LogP contribution in [0.15, 0.2) is 42.5 Å². The van der Waals surface area contributed by atoms with E-state index >= 15 is 0 Å². The van der Waals surface area contributed by atoms with Gasteiger partial charge in [-0.05, 0) is 51.0 Å². The summed E-state index contributed by atoms with van der Waals surface area (Å²) in [6, 6.07) is 10.1. The van der Waals surface area contributed by atoms with Crippen LogP contribution < -0.4 is 9.62 Å². The van der Waals surface area contributed by atoms with E-state index in [0.717, 1.165) is 36.2 Å². The third-order valence-corrected chi connectivity index (χ3v) is 8.33. The molecule has 2 aromatic rings. The molecule has 1 aliphatic rings. The number of halogens is 2. The first-order valence-corrected chi connectivity index (χ1v) is 14.6. The molecule has 11 heteroatoms. The highest BCUT2D eigenvalue weighted by molar-refractivity contribution is 7.92. The van der Waals surface area contributed by atoms with Gasteiger partial charge < -0.3 is 10.2 Å². The topological polar surface area (TPSA) is 104 Å². The predicted molar refractivity (Wildman–Crippen MR) is 146 cm³/mol. The van der Waals surface area contributed by atoms with Gasteiger partial charge in [-0.15, -0.1) is 0 Å². The van der Waals surface area contributed by atoms with Gasteiger partial charge in [0.2, 0.25) is 21.8 Å². The zero-order valence-electron chi connectivity index (χ0n) is 21.0. The van der Waals surface area contributed by atoms with Crippen molar-refractivity contribution in [3.8, 4) is 0 Å². The minimum atomic E-state index is -3.92. The van der Waals surface area contributed by atoms with Crippen LogP contribution >= 0.6 is 23.2 Å². The van der Waals surface area contributed by atoms with E-state index < -0.39 is 28.5 Å². The van der Waals surface area contributed by atoms with Gasteiger partial charge in [-0.2, -0.15) is 0 Å². The molecule has 0 aromatic heterocycles. The molecule has 1 fully saturated rings. The quantitative estimate of drug-likeness (QED) is 0.427. The number of hydrogen-bond donors (Lipinski definition) is 1. The minimum absolute atomic E-state index is 0.0395. The SMILES string of the molecule is CC(=O)c1cccc(N(CC(=O)N(Cc2c(Cl)cccc2Cl)[C@@H](C)C(=O)NC2CCCC2)S(C)(=O)=O)c1. The molecule has 0 unspecified atom stereocenters. The largest absolute Gasteiger partial charge is 0.352 e. The van der Waals surface area contributed by atoms with E-state index in [4.69, 9.17) is 23.2 Å². The molecule has 1 atom stereocenters. The summed E-state index contributed by atoms with van der Waals surface area (Å²) in [6.07, 6.45) is 4.78. The maximum absolute atomic E-state index is 13.7. The summed E-state index contributed by atoms with van der Waals surface area (Å²) in [5.41, 5.74) is 0.925. The number of nitrogens with one attached hydrogen (secondary N) is 1. The van der Waals surface area contributed by atoms with E-state index in [0.29, 0.717) is 21.2 Å². The smallest absolute Gasteiger partial charge is 0.244 e. The van der Waals surface area contributed by atoms with Crippen molar-refractivity contribution in [2.24, 2.45) is 0 Å². The third kappa shape index (κ3) is 7.46. The first-order chi connectivity index (χ1) is 17.4. The van der Waals surface area contributed by atoms with Gasteiger partial charge in [0, 0.05) is 33.8 Å². The number of carbonyl (C=O) groups is 3. The Labute approximate surface area is 228 Å². The Morgan fingerprint density at radius 1 is 1.05 bits per heavy atom. The van der Waals surface area contributed by atoms with E-state index in [1.807, 2.05) is 0 Å². The Bertz CT molecular complexity index is 1260. The van der Waals surface area contributed by atoms with Gasteiger partial charge in [0.15, 0.2) is 5.78 Å². The zero-order chi connectivity index (χ0) is 27.3. The average molecular weight is 569 g/mol. The molecule has 2 amide bonds. The summed E-state index contributed by atoms with van der Waals surface area (Å²) in [6.45, 7) is 2.29. The standard InChI is InChI=1S/C26H31Cl2N3O5S/c1-17(26(34)29-20-9-4-5-10-20)30(15-22-23(27)12-7-13-24(22)28)25(33)16-31(37(3,35)36)21-11-6-8-19(14-21)18(2)32/h6-8,11-14,17,20H,4-5,9-10,15-16H2,1-3H3,(H,29,34)/t17-/m0/s1. The van der Waals surface area contributed by atoms with Crippen LogP contribution in [0, 0.1) is 0 Å². The minimum Gasteiger partial charge on any atom is -0.352 e. The predicted octanol–water partition coefficient (Wildman–Crippen LogP) is 4.44. The first-order valence-electron chi connectivity index (χ1n) is 12.0. The molecular formula is C26H31Cl2N3O5S. The van der Waals surface area contributed by atoms with Crippen molar-refractivity contribution in [1.82, 2.24) is 10.2 Å². The Balaban J connectivity index is 1.95. The summed E-state index contributed by atoms with van der Waals surface area (Å²) in [7, 11) is -3.92. The molecule has 0 heterocycles. The number of hydrogen-bond acceptors (Lipinski definition) is 5. The van der Waals surface area contributed by atoms with Crippen molar-refractivity contribution in [3.05, 3.63) is 63.6 Å². The highest BCUT2D eigenvalue weighted by Gasteiger charge is 2.32. The number of carbonyl (C=O) groups excluding carboxylic acids is 3. The van der Waals surface area contributed by atoms with Crippen LogP contribution in [-0.4, -0.2) is 55.8 Å². The molecule has 0 radical (unpaired) electrons. The number of sulfonamides is 1. The maximum atomic E-state index is 13.7. The third-order valence-electron chi connectivity index (χ3n) is 6.48. The van der Waals surface area contributed by atoms with E-state index in [1.165, 1.54) is 24.0 Å². The van der Waals surface area contributed by atoms with E-state index in [-0.39, 0.29) is 30.0 Å². The molecule has 0 bridgehead atoms. The van der Waals surface area contributed by atoms with Gasteiger partial charge in [0.25, 0.3) is 0 Å². The second-order valence-electron chi connectivity index (χ2n) is 9.26. The lowest BCUT2D eigenvalue weighted by Gasteiger charge is -2.32. The number of ketones is 1. The molecule has 1 aliphatic carbocycles. The van der Waals surface area contributed by atoms with Crippen LogP contribution in [0.5, 0.6) is 0 Å². The molecular weight excluding hydrogens is 537 g/mol. The Kier molecular flexibility index (Phi) is 9.61. The highest BCUT2D eigenvalue weighted by atomic mass is 35.5. The summed E-state index contributed by atoms with van der Waals surface area (Å²) >= 11 is 12.7. The molecule has 200 valence electrons. The van der Waals surface area contributed by atoms with Crippen molar-refractivity contribution in [3.63, 3.8) is 0 Å². The van der Waals surface area contributed by atoms with Crippen LogP contribution in [0.1, 0.15) is 55.5 Å². The fourth-order valence-corrected chi connectivity index (χ4v) is 5.68. The summed E-state index contributed by atoms with van der Waals surface area (Å²) in [4.78, 5) is 40.0. The molecule has 2 aromatic carbocycles. The Morgan fingerprint density at radius 2 is 1.65 bits per heavy atom. The fraction of sp³-hybridized carbons (Fsp3) is 0.423. The Morgan fingerprint density at radius 3 is 2.22 bits per heavy atom. The number of Topliss-reactive ketones (excluding diaryl/α,β-unsaturated/α-hetero) is 1. The number of rotatable bonds is 10. The second kappa shape index (κ2) is 12.3. The lowest BCUT2D eigenvalue weighted by molar-refractivity contribution is -0.139. The lowest BCUT2D eigenvalue weighted by atomic mass is 10.1. The zero-order valence-corrected chi connectivity index (χ0v) is 23.4. The van der Waals surface area contributed by atoms with Crippen molar-refractivity contribution >= 4 is 56.5 Å². The second-order valence-corrected chi connectivity index (χ2v) is 12.0. The van der Waals surface area contributed by atoms with E-state index in [2.05, 4.69) is 5.32 Å². The van der Waals surface area contributed by atoms with Crippen molar-refractivity contribution in [2.75, 3.05) is 17.1 Å². The Hall–Kier alpha value is -2.62. The van der Waals surface area contributed by atoms with Crippen LogP contribution in [0.3, 0.4) is 0 Å². The van der Waals surface area contributed by atoms with Crippen LogP contribution in [-0.2, 0) is 26.2 Å². The summed E-state index contributed by atoms with van der Waals surface area (Å²) in [5.74, 6) is -1.20. The van der Waals surface area contributed by atoms with Crippen LogP contribution in [0.25, 0.3) is 0 Å². The molecule has 1 saturated carbocycles. The number of nitrogens with zero attached hydrogens (tertiary/aromatic N) is 2. The van der Waals surface area contributed by atoms with Gasteiger partial charge in [-0.3, -0.25) is 18.7 Å². The van der Waals surface area contributed by atoms with Gasteiger partial charge in [-0.25, -0.2) is 8.42 Å². The molecule has 0 saturated heterocycles. The normalized spacial score (nSPS) is 14.7. The highest BCUT2D eigenvalue weighted by Crippen LogP contribution is 2.27. The van der Waals surface area contributed by atoms with Crippen molar-refractivity contribution in [1.29, 1.82) is 0 Å². The number of amides is 2. The molecule has 1 N–H and O–H groups in total.